The molecule has 1 saturated carbocycles. The Morgan fingerprint density at radius 2 is 1.31 bits per heavy atom. The summed E-state index contributed by atoms with van der Waals surface area (Å²) < 4.78 is 54.1. The number of amides is 9. The van der Waals surface area contributed by atoms with Crippen LogP contribution in [0.1, 0.15) is 149 Å². The van der Waals surface area contributed by atoms with E-state index in [1.807, 2.05) is 75.2 Å². The number of ether oxygens (including phenoxy) is 10. The summed E-state index contributed by atoms with van der Waals surface area (Å²) in [6, 6.07) is 6.87. The normalized spacial score (nSPS) is 17.6. The number of thiazole rings is 1. The van der Waals surface area contributed by atoms with Crippen molar-refractivity contribution in [3.63, 3.8) is 0 Å². The van der Waals surface area contributed by atoms with Gasteiger partial charge >= 0.3 is 24.1 Å². The number of piperidine rings is 1. The highest BCUT2D eigenvalue weighted by Crippen LogP contribution is 2.43. The molecule has 1 aromatic heterocycles. The maximum absolute atomic E-state index is 14.4. The molecule has 3 aliphatic rings. The van der Waals surface area contributed by atoms with Gasteiger partial charge in [-0.1, -0.05) is 84.0 Å². The zero-order chi connectivity index (χ0) is 82.5. The minimum atomic E-state index is -1.12. The number of likely N-dealkylation sites (N-methyl/N-ethyl adjacent to an activating group) is 1. The lowest BCUT2D eigenvalue weighted by Gasteiger charge is -2.41. The number of aromatic nitrogens is 1. The van der Waals surface area contributed by atoms with Crippen molar-refractivity contribution in [3.8, 4) is 0 Å². The van der Waals surface area contributed by atoms with E-state index in [1.54, 1.807) is 53.1 Å². The van der Waals surface area contributed by atoms with Gasteiger partial charge < -0.3 is 98.9 Å². The lowest BCUT2D eigenvalue weighted by atomic mass is 9.89. The van der Waals surface area contributed by atoms with Crippen LogP contribution < -0.4 is 26.6 Å². The van der Waals surface area contributed by atoms with Crippen molar-refractivity contribution >= 4 is 76.8 Å². The standard InChI is InChI=1S/C43H64N6O8S.C35H62N4O15/c1-9-26(4)36(47(6)42(53)35(25(2)3)46-40(52)37-29-17-18-30(23-29)49(37)43(54)55)33(56-7)24-34(50)48-20-13-16-32(48)38(57-8)27(5)39(51)45-31(41-44-19-21-58-41)22-28-14-11-10-12-15-28;1-5-16-53-33(45)10-21-51-24-23-48-17-6-29(40)36-11-14-39(31(42)8-19-47-22-13-38-34(46)54-35(2,3)4)15-12-37-30(41)7-18-49-25-27-52-28-26-50-20-9-32(43)44/h10-12,14-15,19,21,25-27,29-33,35-38H,9,13,16-18,20,22-24H2,1-8H3,(H,45,51)(H,46,52)(H,54,55);5H,1,6-28H2,2-4H3,(H,36,40)(H,37,41)(H,38,46)(H,43,44)/t26-,27+,29-,30+,31-,32-,33+,35-,36-,37-,38+;/m0./s1. The van der Waals surface area contributed by atoms with Crippen LogP contribution in [0.25, 0.3) is 0 Å². The maximum Gasteiger partial charge on any atom is 0.408 e. The minimum absolute atomic E-state index is 0.00272. The lowest BCUT2D eigenvalue weighted by molar-refractivity contribution is -0.148. The van der Waals surface area contributed by atoms with Gasteiger partial charge in [0.1, 0.15) is 29.3 Å². The van der Waals surface area contributed by atoms with Gasteiger partial charge in [-0.15, -0.1) is 11.3 Å². The third-order valence-corrected chi connectivity index (χ3v) is 20.3. The van der Waals surface area contributed by atoms with Gasteiger partial charge in [0.25, 0.3) is 0 Å². The Bertz CT molecular complexity index is 3170. The van der Waals surface area contributed by atoms with Gasteiger partial charge in [-0.3, -0.25) is 48.1 Å². The van der Waals surface area contributed by atoms with Crippen molar-refractivity contribution < 1.29 is 110 Å². The van der Waals surface area contributed by atoms with Crippen LogP contribution in [0.5, 0.6) is 0 Å². The summed E-state index contributed by atoms with van der Waals surface area (Å²) in [5, 5.41) is 35.4. The van der Waals surface area contributed by atoms with Crippen LogP contribution >= 0.6 is 11.3 Å². The van der Waals surface area contributed by atoms with E-state index in [2.05, 4.69) is 38.1 Å². The number of rotatable bonds is 54. The van der Waals surface area contributed by atoms with Gasteiger partial charge in [0.15, 0.2) is 0 Å². The maximum atomic E-state index is 14.4. The van der Waals surface area contributed by atoms with E-state index in [-0.39, 0.29) is 221 Å². The Morgan fingerprint density at radius 1 is 0.723 bits per heavy atom. The summed E-state index contributed by atoms with van der Waals surface area (Å²) in [5.74, 6) is -4.20. The molecule has 9 amide bonds. The van der Waals surface area contributed by atoms with Crippen LogP contribution in [-0.2, 0) is 96.9 Å². The first kappa shape index (κ1) is 96.4. The molecular weight excluding hydrogens is 1480 g/mol. The Labute approximate surface area is 663 Å². The van der Waals surface area contributed by atoms with Gasteiger partial charge in [-0.05, 0) is 82.6 Å². The van der Waals surface area contributed by atoms with Crippen molar-refractivity contribution in [1.29, 1.82) is 0 Å². The highest BCUT2D eigenvalue weighted by molar-refractivity contribution is 7.09. The highest BCUT2D eigenvalue weighted by atomic mass is 32.1. The average Bonchev–Trinajstić information content (AvgIpc) is 1.70. The zero-order valence-corrected chi connectivity index (χ0v) is 68.3. The zero-order valence-electron chi connectivity index (χ0n) is 67.5. The Morgan fingerprint density at radius 3 is 1.86 bits per heavy atom. The molecule has 3 fully saturated rings. The number of aliphatic carboxylic acids is 1. The molecule has 1 aliphatic carbocycles. The molecule has 3 heterocycles. The molecule has 0 radical (unpaired) electrons. The first-order chi connectivity index (χ1) is 53.5. The van der Waals surface area contributed by atoms with Crippen molar-refractivity contribution in [3.05, 3.63) is 65.1 Å². The molecule has 11 atom stereocenters. The number of carboxylic acids is 1. The van der Waals surface area contributed by atoms with Crippen LogP contribution in [0.2, 0.25) is 0 Å². The third-order valence-electron chi connectivity index (χ3n) is 19.4. The van der Waals surface area contributed by atoms with Crippen LogP contribution in [0.15, 0.2) is 54.6 Å². The van der Waals surface area contributed by atoms with E-state index < -0.39 is 65.9 Å². The van der Waals surface area contributed by atoms with Crippen molar-refractivity contribution in [1.82, 2.24) is 51.2 Å². The molecule has 2 aromatic rings. The molecule has 2 aliphatic heterocycles. The van der Waals surface area contributed by atoms with E-state index in [0.717, 1.165) is 29.8 Å². The topological polar surface area (TPSA) is 407 Å². The van der Waals surface area contributed by atoms with Crippen LogP contribution in [0.3, 0.4) is 0 Å². The van der Waals surface area contributed by atoms with Crippen LogP contribution in [0, 0.1) is 23.7 Å². The molecule has 0 spiro atoms. The largest absolute Gasteiger partial charge is 0.481 e. The highest BCUT2D eigenvalue weighted by Gasteiger charge is 2.52. The van der Waals surface area contributed by atoms with E-state index in [9.17, 15) is 57.8 Å². The molecule has 33 nitrogen and oxygen atoms in total. The monoisotopic (exact) mass is 1600 g/mol. The predicted octanol–water partition coefficient (Wildman–Crippen LogP) is 5.57. The summed E-state index contributed by atoms with van der Waals surface area (Å²) >= 11 is 1.49. The van der Waals surface area contributed by atoms with Gasteiger partial charge in [0.05, 0.1) is 141 Å². The quantitative estimate of drug-likeness (QED) is 0.0242. The third kappa shape index (κ3) is 35.6. The van der Waals surface area contributed by atoms with E-state index in [1.165, 1.54) is 27.2 Å². The van der Waals surface area contributed by atoms with Crippen molar-refractivity contribution in [2.45, 2.75) is 193 Å². The van der Waals surface area contributed by atoms with Crippen molar-refractivity contribution in [2.75, 3.05) is 146 Å². The predicted molar refractivity (Wildman–Crippen MR) is 414 cm³/mol. The summed E-state index contributed by atoms with van der Waals surface area (Å²) in [4.78, 5) is 150. The number of carbonyl (C=O) groups is 11. The summed E-state index contributed by atoms with van der Waals surface area (Å²) in [6.07, 6.45) is 5.47. The molecular formula is C78H126N10O23S. The second-order valence-corrected chi connectivity index (χ2v) is 30.0. The van der Waals surface area contributed by atoms with Crippen molar-refractivity contribution in [2.24, 2.45) is 23.7 Å². The van der Waals surface area contributed by atoms with Gasteiger partial charge in [0, 0.05) is 91.0 Å². The van der Waals surface area contributed by atoms with E-state index in [4.69, 9.17) is 52.5 Å². The number of nitrogens with one attached hydrogen (secondary N) is 5. The number of carboxylic acid groups (broad SMARTS) is 2. The first-order valence-electron chi connectivity index (χ1n) is 39.0. The second-order valence-electron chi connectivity index (χ2n) is 29.1. The summed E-state index contributed by atoms with van der Waals surface area (Å²) in [5.41, 5.74) is 0.456. The Hall–Kier alpha value is -7.96. The number of hydrogen-bond donors (Lipinski definition) is 7. The summed E-state index contributed by atoms with van der Waals surface area (Å²) in [7, 11) is 4.81. The fraction of sp³-hybridized carbons (Fsp3) is 0.718. The number of benzene rings is 1. The minimum Gasteiger partial charge on any atom is -0.481 e. The number of methoxy groups -OCH3 is 2. The average molecular weight is 1600 g/mol. The molecule has 1 aromatic carbocycles. The van der Waals surface area contributed by atoms with Crippen LogP contribution in [-0.4, -0.2) is 295 Å². The van der Waals surface area contributed by atoms with Crippen LogP contribution in [0.4, 0.5) is 9.59 Å². The Kier molecular flexibility index (Phi) is 45.8. The molecule has 2 bridgehead atoms. The van der Waals surface area contributed by atoms with E-state index >= 15 is 0 Å². The van der Waals surface area contributed by atoms with E-state index in [0.29, 0.717) is 45.4 Å². The number of esters is 1. The molecule has 7 N–H and O–H groups in total. The Balaban J connectivity index is 0.000000474. The first-order valence-corrected chi connectivity index (χ1v) is 39.8. The number of alkyl carbamates (subject to hydrolysis) is 1. The smallest absolute Gasteiger partial charge is 0.408 e. The molecule has 0 unspecified atom stereocenters. The number of fused-ring (bicyclic) bond motifs is 2. The number of carbonyl (C=O) groups excluding carboxylic acids is 9. The van der Waals surface area contributed by atoms with Gasteiger partial charge in [-0.2, -0.15) is 0 Å². The lowest BCUT2D eigenvalue weighted by Crippen LogP contribution is -2.60. The number of likely N-dealkylation sites (tertiary alicyclic amines) is 2. The molecule has 34 heteroatoms. The molecule has 632 valence electrons. The number of hydrogen-bond acceptors (Lipinski definition) is 23. The SMILES string of the molecule is C=CCOC(=O)CCOCCOCCC(=O)NCCN(CCNC(=O)CCOCCOCCOCCC(=O)O)C(=O)CCOCCNC(=O)OC(C)(C)C.CC[C@H](C)[C@@H]([C@@H](CC(=O)N1CCC[C@H]1[C@H](OC)[C@@H](C)C(=O)N[C@@H](Cc1ccccc1)c1nccs1)OC)N(C)C(=O)[C@@H](NC(=O)[C@@H]1[C@H]2CC[C@H](C2)N1C(=O)O)C(C)C. The van der Waals surface area contributed by atoms with Gasteiger partial charge in [-0.25, -0.2) is 14.6 Å². The fourth-order valence-electron chi connectivity index (χ4n) is 13.5. The molecule has 112 heavy (non-hydrogen) atoms. The number of nitrogens with zero attached hydrogens (tertiary/aromatic N) is 5. The summed E-state index contributed by atoms with van der Waals surface area (Å²) in [6.45, 7) is 22.5. The second kappa shape index (κ2) is 53.2. The fourth-order valence-corrected chi connectivity index (χ4v) is 14.2. The molecule has 2 saturated heterocycles. The van der Waals surface area contributed by atoms with Gasteiger partial charge in [0.2, 0.25) is 41.4 Å². The molecule has 5 rings (SSSR count).